The SMILES string of the molecule is CCCc1cc([C@@H]2CCCN2Cc2ccc(OC)c(O)c2)no1. The van der Waals surface area contributed by atoms with Crippen LogP contribution in [0.25, 0.3) is 0 Å². The van der Waals surface area contributed by atoms with E-state index in [0.29, 0.717) is 11.8 Å². The van der Waals surface area contributed by atoms with E-state index >= 15 is 0 Å². The fourth-order valence-electron chi connectivity index (χ4n) is 3.27. The van der Waals surface area contributed by atoms with Crippen LogP contribution in [0.4, 0.5) is 0 Å². The van der Waals surface area contributed by atoms with Crippen LogP contribution < -0.4 is 4.74 Å². The van der Waals surface area contributed by atoms with Crippen molar-refractivity contribution in [2.45, 2.75) is 45.2 Å². The van der Waals surface area contributed by atoms with Crippen molar-refractivity contribution in [3.05, 3.63) is 41.3 Å². The second kappa shape index (κ2) is 7.04. The lowest BCUT2D eigenvalue weighted by Gasteiger charge is -2.22. The number of ether oxygens (including phenoxy) is 1. The van der Waals surface area contributed by atoms with Crippen molar-refractivity contribution >= 4 is 0 Å². The van der Waals surface area contributed by atoms with Crippen LogP contribution in [-0.4, -0.2) is 28.8 Å². The third-order valence-corrected chi connectivity index (χ3v) is 4.41. The van der Waals surface area contributed by atoms with Gasteiger partial charge in [-0.1, -0.05) is 18.1 Å². The molecule has 2 aromatic rings. The second-order valence-corrected chi connectivity index (χ2v) is 6.10. The maximum Gasteiger partial charge on any atom is 0.160 e. The number of hydrogen-bond acceptors (Lipinski definition) is 5. The van der Waals surface area contributed by atoms with Gasteiger partial charge in [0.2, 0.25) is 0 Å². The van der Waals surface area contributed by atoms with Gasteiger partial charge in [-0.3, -0.25) is 4.90 Å². The average Bonchev–Trinajstić information content (AvgIpc) is 3.17. The van der Waals surface area contributed by atoms with E-state index in [2.05, 4.69) is 23.0 Å². The van der Waals surface area contributed by atoms with E-state index in [1.165, 1.54) is 0 Å². The zero-order valence-corrected chi connectivity index (χ0v) is 13.8. The summed E-state index contributed by atoms with van der Waals surface area (Å²) in [7, 11) is 1.56. The van der Waals surface area contributed by atoms with Crippen LogP contribution in [0.15, 0.2) is 28.8 Å². The molecule has 1 aliphatic rings. The molecule has 3 rings (SSSR count). The number of likely N-dealkylation sites (tertiary alicyclic amines) is 1. The fourth-order valence-corrected chi connectivity index (χ4v) is 3.27. The van der Waals surface area contributed by atoms with E-state index in [9.17, 15) is 5.11 Å². The van der Waals surface area contributed by atoms with Gasteiger partial charge < -0.3 is 14.4 Å². The largest absolute Gasteiger partial charge is 0.504 e. The van der Waals surface area contributed by atoms with E-state index < -0.39 is 0 Å². The number of methoxy groups -OCH3 is 1. The van der Waals surface area contributed by atoms with Crippen LogP contribution in [0.1, 0.15) is 49.2 Å². The number of benzene rings is 1. The molecule has 0 radical (unpaired) electrons. The third-order valence-electron chi connectivity index (χ3n) is 4.41. The number of hydrogen-bond donors (Lipinski definition) is 1. The molecule has 1 N–H and O–H groups in total. The lowest BCUT2D eigenvalue weighted by Crippen LogP contribution is -2.22. The van der Waals surface area contributed by atoms with Gasteiger partial charge in [-0.15, -0.1) is 0 Å². The number of nitrogens with zero attached hydrogens (tertiary/aromatic N) is 2. The topological polar surface area (TPSA) is 58.7 Å². The highest BCUT2D eigenvalue weighted by Gasteiger charge is 2.28. The van der Waals surface area contributed by atoms with E-state index in [4.69, 9.17) is 9.26 Å². The van der Waals surface area contributed by atoms with Gasteiger partial charge in [0, 0.05) is 19.0 Å². The lowest BCUT2D eigenvalue weighted by atomic mass is 10.1. The molecule has 5 nitrogen and oxygen atoms in total. The number of aromatic nitrogens is 1. The van der Waals surface area contributed by atoms with Crippen molar-refractivity contribution in [1.29, 1.82) is 0 Å². The Balaban J connectivity index is 1.72. The Bertz CT molecular complexity index is 653. The van der Waals surface area contributed by atoms with E-state index in [-0.39, 0.29) is 5.75 Å². The van der Waals surface area contributed by atoms with Crippen LogP contribution in [-0.2, 0) is 13.0 Å². The highest BCUT2D eigenvalue weighted by Crippen LogP contribution is 2.34. The van der Waals surface area contributed by atoms with Crippen molar-refractivity contribution in [3.63, 3.8) is 0 Å². The molecule has 1 saturated heterocycles. The Labute approximate surface area is 136 Å². The molecule has 1 atom stereocenters. The molecule has 0 aliphatic carbocycles. The van der Waals surface area contributed by atoms with Crippen LogP contribution in [0.3, 0.4) is 0 Å². The summed E-state index contributed by atoms with van der Waals surface area (Å²) in [6.07, 6.45) is 4.25. The van der Waals surface area contributed by atoms with Crippen molar-refractivity contribution < 1.29 is 14.4 Å². The number of rotatable bonds is 6. The first kappa shape index (κ1) is 15.9. The summed E-state index contributed by atoms with van der Waals surface area (Å²) in [5.74, 6) is 1.66. The minimum atomic E-state index is 0.187. The Hall–Kier alpha value is -2.01. The summed E-state index contributed by atoms with van der Waals surface area (Å²) in [6.45, 7) is 3.96. The van der Waals surface area contributed by atoms with Crippen LogP contribution in [0.2, 0.25) is 0 Å². The molecule has 0 spiro atoms. The van der Waals surface area contributed by atoms with Gasteiger partial charge in [0.05, 0.1) is 13.2 Å². The molecular formula is C18H24N2O3. The van der Waals surface area contributed by atoms with Crippen molar-refractivity contribution in [2.24, 2.45) is 0 Å². The van der Waals surface area contributed by atoms with E-state index in [1.54, 1.807) is 13.2 Å². The molecule has 0 unspecified atom stereocenters. The summed E-state index contributed by atoms with van der Waals surface area (Å²) in [6, 6.07) is 7.98. The first-order valence-corrected chi connectivity index (χ1v) is 8.26. The molecule has 1 aliphatic heterocycles. The summed E-state index contributed by atoms with van der Waals surface area (Å²) in [5.41, 5.74) is 2.11. The Morgan fingerprint density at radius 2 is 2.26 bits per heavy atom. The third kappa shape index (κ3) is 3.50. The first-order valence-electron chi connectivity index (χ1n) is 8.26. The number of aromatic hydroxyl groups is 1. The molecule has 5 heteroatoms. The van der Waals surface area contributed by atoms with Gasteiger partial charge in [0.1, 0.15) is 11.5 Å². The Morgan fingerprint density at radius 3 is 3.00 bits per heavy atom. The predicted octanol–water partition coefficient (Wildman–Crippen LogP) is 3.68. The fraction of sp³-hybridized carbons (Fsp3) is 0.500. The smallest absolute Gasteiger partial charge is 0.160 e. The van der Waals surface area contributed by atoms with Crippen molar-refractivity contribution in [3.8, 4) is 11.5 Å². The standard InChI is InChI=1S/C18H24N2O3/c1-3-5-14-11-15(19-23-14)16-6-4-9-20(16)12-13-7-8-18(22-2)17(21)10-13/h7-8,10-11,16,21H,3-6,9,12H2,1-2H3/t16-/m0/s1. The second-order valence-electron chi connectivity index (χ2n) is 6.10. The minimum Gasteiger partial charge on any atom is -0.504 e. The first-order chi connectivity index (χ1) is 11.2. The molecule has 124 valence electrons. The molecule has 0 amide bonds. The lowest BCUT2D eigenvalue weighted by molar-refractivity contribution is 0.236. The molecule has 0 saturated carbocycles. The van der Waals surface area contributed by atoms with Gasteiger partial charge in [-0.2, -0.15) is 0 Å². The summed E-state index contributed by atoms with van der Waals surface area (Å²) in [4.78, 5) is 2.40. The van der Waals surface area contributed by atoms with E-state index in [1.807, 2.05) is 12.1 Å². The average molecular weight is 316 g/mol. The van der Waals surface area contributed by atoms with E-state index in [0.717, 1.165) is 55.8 Å². The van der Waals surface area contributed by atoms with Crippen LogP contribution >= 0.6 is 0 Å². The maximum absolute atomic E-state index is 9.94. The van der Waals surface area contributed by atoms with Gasteiger partial charge in [0.25, 0.3) is 0 Å². The van der Waals surface area contributed by atoms with Crippen molar-refractivity contribution in [2.75, 3.05) is 13.7 Å². The highest BCUT2D eigenvalue weighted by atomic mass is 16.5. The number of phenols is 1. The van der Waals surface area contributed by atoms with Crippen LogP contribution in [0, 0.1) is 0 Å². The Morgan fingerprint density at radius 1 is 1.39 bits per heavy atom. The van der Waals surface area contributed by atoms with Crippen LogP contribution in [0.5, 0.6) is 11.5 Å². The molecule has 0 bridgehead atoms. The molecule has 1 fully saturated rings. The highest BCUT2D eigenvalue weighted by molar-refractivity contribution is 5.41. The minimum absolute atomic E-state index is 0.187. The zero-order chi connectivity index (χ0) is 16.2. The predicted molar refractivity (Wildman–Crippen MR) is 87.5 cm³/mol. The molecule has 1 aromatic heterocycles. The molecule has 2 heterocycles. The normalized spacial score (nSPS) is 18.4. The summed E-state index contributed by atoms with van der Waals surface area (Å²) < 4.78 is 10.5. The summed E-state index contributed by atoms with van der Waals surface area (Å²) in [5, 5.41) is 14.2. The monoisotopic (exact) mass is 316 g/mol. The summed E-state index contributed by atoms with van der Waals surface area (Å²) >= 11 is 0. The number of aryl methyl sites for hydroxylation is 1. The molecule has 23 heavy (non-hydrogen) atoms. The van der Waals surface area contributed by atoms with Gasteiger partial charge in [0.15, 0.2) is 11.5 Å². The maximum atomic E-state index is 9.94. The molecule has 1 aromatic carbocycles. The quantitative estimate of drug-likeness (QED) is 0.881. The molecular weight excluding hydrogens is 292 g/mol. The van der Waals surface area contributed by atoms with Gasteiger partial charge in [-0.05, 0) is 43.5 Å². The Kier molecular flexibility index (Phi) is 4.86. The van der Waals surface area contributed by atoms with Gasteiger partial charge >= 0.3 is 0 Å². The zero-order valence-electron chi connectivity index (χ0n) is 13.8. The van der Waals surface area contributed by atoms with Crippen molar-refractivity contribution in [1.82, 2.24) is 10.1 Å². The number of phenolic OH excluding ortho intramolecular Hbond substituents is 1. The van der Waals surface area contributed by atoms with Gasteiger partial charge in [-0.25, -0.2) is 0 Å².